The maximum Gasteiger partial charge on any atom is 0.350 e. The number of benzene rings is 1. The van der Waals surface area contributed by atoms with Crippen LogP contribution >= 0.6 is 11.6 Å². The summed E-state index contributed by atoms with van der Waals surface area (Å²) < 4.78 is 17.4. The van der Waals surface area contributed by atoms with E-state index in [1.807, 2.05) is 6.92 Å². The second-order valence-corrected chi connectivity index (χ2v) is 8.06. The molecule has 1 aliphatic rings. The molecule has 2 N–H and O–H groups in total. The van der Waals surface area contributed by atoms with Gasteiger partial charge in [0.2, 0.25) is 0 Å². The van der Waals surface area contributed by atoms with Crippen molar-refractivity contribution in [3.63, 3.8) is 0 Å². The average Bonchev–Trinajstić information content (AvgIpc) is 3.26. The number of aliphatic hydroxyl groups excluding tert-OH is 1. The van der Waals surface area contributed by atoms with Crippen molar-refractivity contribution in [2.45, 2.75) is 39.8 Å². The van der Waals surface area contributed by atoms with Gasteiger partial charge in [-0.2, -0.15) is 9.78 Å². The molecule has 1 aliphatic heterocycles. The van der Waals surface area contributed by atoms with Crippen molar-refractivity contribution < 1.29 is 14.3 Å². The van der Waals surface area contributed by atoms with Gasteiger partial charge in [-0.15, -0.1) is 5.10 Å². The Balaban J connectivity index is 1.91. The molecule has 32 heavy (non-hydrogen) atoms. The van der Waals surface area contributed by atoms with Crippen molar-refractivity contribution in [2.75, 3.05) is 11.4 Å². The van der Waals surface area contributed by atoms with Crippen LogP contribution in [-0.2, 0) is 13.2 Å². The van der Waals surface area contributed by atoms with Crippen molar-refractivity contribution >= 4 is 23.2 Å². The third kappa shape index (κ3) is 3.26. The summed E-state index contributed by atoms with van der Waals surface area (Å²) in [6.07, 6.45) is 0. The first kappa shape index (κ1) is 22.0. The smallest absolute Gasteiger partial charge is 0.350 e. The zero-order valence-corrected chi connectivity index (χ0v) is 18.6. The van der Waals surface area contributed by atoms with Gasteiger partial charge in [0.05, 0.1) is 5.69 Å². The Morgan fingerprint density at radius 1 is 1.41 bits per heavy atom. The predicted molar refractivity (Wildman–Crippen MR) is 117 cm³/mol. The lowest BCUT2D eigenvalue weighted by Gasteiger charge is -2.35. The van der Waals surface area contributed by atoms with Gasteiger partial charge in [-0.1, -0.05) is 23.8 Å². The topological polar surface area (TPSA) is 109 Å². The van der Waals surface area contributed by atoms with Crippen molar-refractivity contribution in [1.82, 2.24) is 24.5 Å². The minimum Gasteiger partial charge on any atom is -0.388 e. The Labute approximate surface area is 187 Å². The van der Waals surface area contributed by atoms with Crippen LogP contribution in [0.5, 0.6) is 0 Å². The molecule has 1 atom stereocenters. The fraction of sp³-hybridized carbons (Fsp3) is 0.333. The number of anilines is 1. The number of nitrogens with one attached hydrogen (secondary N) is 1. The van der Waals surface area contributed by atoms with E-state index in [0.717, 1.165) is 16.3 Å². The Bertz CT molecular complexity index is 1290. The summed E-state index contributed by atoms with van der Waals surface area (Å²) in [5, 5.41) is 20.4. The lowest BCUT2D eigenvalue weighted by Crippen LogP contribution is -2.41. The monoisotopic (exact) mass is 460 g/mol. The minimum atomic E-state index is -0.790. The molecular formula is C21H22ClFN6O3. The zero-order valence-electron chi connectivity index (χ0n) is 17.8. The fourth-order valence-electron chi connectivity index (χ4n) is 4.07. The molecule has 1 amide bonds. The molecule has 0 aliphatic carbocycles. The van der Waals surface area contributed by atoms with Crippen molar-refractivity contribution in [2.24, 2.45) is 0 Å². The quantitative estimate of drug-likeness (QED) is 0.569. The SMILES string of the molecule is C=C(C)C1CN(c2c(Cl)n[nH]c2C)C(=O)c2cc(F)c(-n3nc(CO)n(CC)c3=O)cc21. The van der Waals surface area contributed by atoms with Crippen molar-refractivity contribution in [1.29, 1.82) is 0 Å². The van der Waals surface area contributed by atoms with E-state index in [9.17, 15) is 14.7 Å². The second-order valence-electron chi connectivity index (χ2n) is 7.71. The van der Waals surface area contributed by atoms with Crippen LogP contribution in [0.3, 0.4) is 0 Å². The molecule has 3 aromatic rings. The first-order chi connectivity index (χ1) is 15.2. The molecule has 0 bridgehead atoms. The second kappa shape index (κ2) is 8.03. The summed E-state index contributed by atoms with van der Waals surface area (Å²) >= 11 is 6.19. The number of nitrogens with zero attached hydrogens (tertiary/aromatic N) is 5. The molecule has 0 saturated heterocycles. The van der Waals surface area contributed by atoms with Crippen LogP contribution in [0.25, 0.3) is 5.69 Å². The van der Waals surface area contributed by atoms with E-state index in [-0.39, 0.29) is 41.2 Å². The van der Waals surface area contributed by atoms with Crippen molar-refractivity contribution in [3.05, 3.63) is 68.4 Å². The molecule has 0 fully saturated rings. The summed E-state index contributed by atoms with van der Waals surface area (Å²) in [5.41, 5.74) is 1.80. The zero-order chi connectivity index (χ0) is 23.3. The van der Waals surface area contributed by atoms with E-state index >= 15 is 4.39 Å². The summed E-state index contributed by atoms with van der Waals surface area (Å²) in [6, 6.07) is 2.56. The maximum absolute atomic E-state index is 15.2. The number of aliphatic hydroxyl groups is 1. The fourth-order valence-corrected chi connectivity index (χ4v) is 4.36. The number of fused-ring (bicyclic) bond motifs is 1. The van der Waals surface area contributed by atoms with Crippen LogP contribution in [0.2, 0.25) is 5.15 Å². The number of halogens is 2. The van der Waals surface area contributed by atoms with Crippen LogP contribution in [0.15, 0.2) is 29.1 Å². The number of H-pyrrole nitrogens is 1. The molecule has 3 heterocycles. The van der Waals surface area contributed by atoms with E-state index in [1.165, 1.54) is 15.5 Å². The van der Waals surface area contributed by atoms with E-state index in [0.29, 0.717) is 16.9 Å². The predicted octanol–water partition coefficient (Wildman–Crippen LogP) is 2.69. The standard InChI is InChI=1S/C21H22ClFN6O3/c1-5-27-17(9-30)26-29(21(27)32)16-7-12-13(6-15(16)23)20(31)28(8-14(12)10(2)3)18-11(4)24-25-19(18)22/h6-7,14,30H,2,5,8-9H2,1,3-4H3,(H,24,25). The number of hydrogen-bond donors (Lipinski definition) is 2. The number of rotatable bonds is 5. The van der Waals surface area contributed by atoms with Gasteiger partial charge < -0.3 is 10.0 Å². The summed E-state index contributed by atoms with van der Waals surface area (Å²) in [7, 11) is 0. The van der Waals surface area contributed by atoms with Crippen LogP contribution in [-0.4, -0.2) is 42.1 Å². The number of carbonyl (C=O) groups excluding carboxylic acids is 1. The van der Waals surface area contributed by atoms with Gasteiger partial charge in [-0.3, -0.25) is 14.5 Å². The first-order valence-corrected chi connectivity index (χ1v) is 10.4. The van der Waals surface area contributed by atoms with E-state index in [1.54, 1.807) is 13.8 Å². The van der Waals surface area contributed by atoms with Gasteiger partial charge in [-0.05, 0) is 38.5 Å². The number of aromatic amines is 1. The Morgan fingerprint density at radius 2 is 2.12 bits per heavy atom. The third-order valence-electron chi connectivity index (χ3n) is 5.70. The number of hydrogen-bond acceptors (Lipinski definition) is 5. The highest BCUT2D eigenvalue weighted by Crippen LogP contribution is 2.39. The molecule has 1 unspecified atom stereocenters. The Hall–Kier alpha value is -3.24. The van der Waals surface area contributed by atoms with Crippen LogP contribution < -0.4 is 10.6 Å². The molecule has 9 nitrogen and oxygen atoms in total. The van der Waals surface area contributed by atoms with Gasteiger partial charge in [0.1, 0.15) is 23.8 Å². The van der Waals surface area contributed by atoms with Gasteiger partial charge in [0, 0.05) is 24.6 Å². The van der Waals surface area contributed by atoms with Gasteiger partial charge in [0.15, 0.2) is 11.0 Å². The third-order valence-corrected chi connectivity index (χ3v) is 5.96. The van der Waals surface area contributed by atoms with E-state index < -0.39 is 24.0 Å². The average molecular weight is 461 g/mol. The van der Waals surface area contributed by atoms with E-state index in [2.05, 4.69) is 21.9 Å². The normalized spacial score (nSPS) is 15.9. The Morgan fingerprint density at radius 3 is 2.66 bits per heavy atom. The van der Waals surface area contributed by atoms with Gasteiger partial charge >= 0.3 is 5.69 Å². The molecule has 0 spiro atoms. The van der Waals surface area contributed by atoms with Crippen LogP contribution in [0.1, 0.15) is 47.2 Å². The highest BCUT2D eigenvalue weighted by Gasteiger charge is 2.36. The first-order valence-electron chi connectivity index (χ1n) is 10.0. The highest BCUT2D eigenvalue weighted by molar-refractivity contribution is 6.33. The number of carbonyl (C=O) groups is 1. The summed E-state index contributed by atoms with van der Waals surface area (Å²) in [5.74, 6) is -1.44. The van der Waals surface area contributed by atoms with Crippen LogP contribution in [0.4, 0.5) is 10.1 Å². The van der Waals surface area contributed by atoms with Gasteiger partial charge in [0.25, 0.3) is 5.91 Å². The minimum absolute atomic E-state index is 0.0966. The van der Waals surface area contributed by atoms with Crippen molar-refractivity contribution in [3.8, 4) is 5.69 Å². The molecule has 1 aromatic carbocycles. The molecule has 0 radical (unpaired) electrons. The highest BCUT2D eigenvalue weighted by atomic mass is 35.5. The maximum atomic E-state index is 15.2. The van der Waals surface area contributed by atoms with E-state index in [4.69, 9.17) is 11.6 Å². The molecule has 2 aromatic heterocycles. The number of aromatic nitrogens is 5. The summed E-state index contributed by atoms with van der Waals surface area (Å²) in [4.78, 5) is 27.5. The largest absolute Gasteiger partial charge is 0.388 e. The number of amides is 1. The van der Waals surface area contributed by atoms with Crippen LogP contribution in [0, 0.1) is 12.7 Å². The summed E-state index contributed by atoms with van der Waals surface area (Å²) in [6.45, 7) is 9.36. The molecule has 4 rings (SSSR count). The van der Waals surface area contributed by atoms with Gasteiger partial charge in [-0.25, -0.2) is 9.18 Å². The lowest BCUT2D eigenvalue weighted by atomic mass is 9.84. The Kier molecular flexibility index (Phi) is 5.51. The molecule has 168 valence electrons. The molecular weight excluding hydrogens is 439 g/mol. The molecule has 11 heteroatoms. The molecule has 0 saturated carbocycles. The lowest BCUT2D eigenvalue weighted by molar-refractivity contribution is 0.0977. The number of aryl methyl sites for hydroxylation is 1.